The van der Waals surface area contributed by atoms with Crippen LogP contribution in [0.1, 0.15) is 26.7 Å². The normalized spacial score (nSPS) is 28.4. The van der Waals surface area contributed by atoms with E-state index in [2.05, 4.69) is 0 Å². The van der Waals surface area contributed by atoms with Gasteiger partial charge in [-0.1, -0.05) is 6.92 Å². The fourth-order valence-corrected chi connectivity index (χ4v) is 2.32. The highest BCUT2D eigenvalue weighted by Crippen LogP contribution is 2.30. The molecule has 106 valence electrons. The number of rotatable bonds is 6. The Kier molecular flexibility index (Phi) is 6.05. The van der Waals surface area contributed by atoms with Gasteiger partial charge in [0.15, 0.2) is 0 Å². The highest BCUT2D eigenvalue weighted by Gasteiger charge is 2.39. The Bertz CT molecular complexity index is 272. The number of carbonyl (C=O) groups excluding carboxylic acids is 1. The van der Waals surface area contributed by atoms with Crippen LogP contribution in [0, 0.1) is 5.92 Å². The molecule has 0 aliphatic carbocycles. The second-order valence-electron chi connectivity index (χ2n) is 4.97. The largest absolute Gasteiger partial charge is 0.389 e. The molecule has 1 heterocycles. The molecule has 18 heavy (non-hydrogen) atoms. The molecule has 5 nitrogen and oxygen atoms in total. The Morgan fingerprint density at radius 3 is 2.83 bits per heavy atom. The first-order chi connectivity index (χ1) is 8.53. The minimum atomic E-state index is -0.710. The third kappa shape index (κ3) is 3.93. The molecule has 2 unspecified atom stereocenters. The SMILES string of the molecule is CCOCC(=O)N1CCC(O)(CCOC)C(C)C1. The summed E-state index contributed by atoms with van der Waals surface area (Å²) in [5, 5.41) is 10.5. The highest BCUT2D eigenvalue weighted by atomic mass is 16.5. The number of nitrogens with zero attached hydrogens (tertiary/aromatic N) is 1. The summed E-state index contributed by atoms with van der Waals surface area (Å²) < 4.78 is 10.2. The first-order valence-electron chi connectivity index (χ1n) is 6.60. The number of methoxy groups -OCH3 is 1. The average molecular weight is 259 g/mol. The second kappa shape index (κ2) is 7.07. The van der Waals surface area contributed by atoms with Gasteiger partial charge >= 0.3 is 0 Å². The zero-order chi connectivity index (χ0) is 13.6. The van der Waals surface area contributed by atoms with Crippen molar-refractivity contribution in [3.63, 3.8) is 0 Å². The fraction of sp³-hybridized carbons (Fsp3) is 0.923. The number of hydrogen-bond donors (Lipinski definition) is 1. The van der Waals surface area contributed by atoms with Crippen molar-refractivity contribution in [3.8, 4) is 0 Å². The molecule has 0 aromatic heterocycles. The molecule has 1 aliphatic rings. The van der Waals surface area contributed by atoms with E-state index < -0.39 is 5.60 Å². The van der Waals surface area contributed by atoms with Gasteiger partial charge in [0.1, 0.15) is 6.61 Å². The molecule has 0 saturated carbocycles. The zero-order valence-corrected chi connectivity index (χ0v) is 11.6. The predicted molar refractivity (Wildman–Crippen MR) is 68.3 cm³/mol. The van der Waals surface area contributed by atoms with Crippen LogP contribution in [0.15, 0.2) is 0 Å². The fourth-order valence-electron chi connectivity index (χ4n) is 2.32. The van der Waals surface area contributed by atoms with Gasteiger partial charge in [0, 0.05) is 39.3 Å². The number of ether oxygens (including phenoxy) is 2. The molecule has 0 aromatic rings. The van der Waals surface area contributed by atoms with Crippen molar-refractivity contribution >= 4 is 5.91 Å². The molecule has 0 bridgehead atoms. The van der Waals surface area contributed by atoms with E-state index in [0.717, 1.165) is 0 Å². The number of hydrogen-bond acceptors (Lipinski definition) is 4. The van der Waals surface area contributed by atoms with Crippen molar-refractivity contribution in [2.24, 2.45) is 5.92 Å². The average Bonchev–Trinajstić information content (AvgIpc) is 2.37. The molecule has 1 saturated heterocycles. The maximum atomic E-state index is 11.8. The summed E-state index contributed by atoms with van der Waals surface area (Å²) in [7, 11) is 1.63. The van der Waals surface area contributed by atoms with E-state index in [1.807, 2.05) is 13.8 Å². The Morgan fingerprint density at radius 1 is 1.56 bits per heavy atom. The van der Waals surface area contributed by atoms with Crippen LogP contribution in [-0.2, 0) is 14.3 Å². The Labute approximate surface area is 109 Å². The smallest absolute Gasteiger partial charge is 0.248 e. The van der Waals surface area contributed by atoms with Crippen molar-refractivity contribution in [2.45, 2.75) is 32.3 Å². The van der Waals surface area contributed by atoms with Crippen LogP contribution in [0.2, 0.25) is 0 Å². The summed E-state index contributed by atoms with van der Waals surface area (Å²) in [6.45, 7) is 6.27. The molecule has 1 amide bonds. The van der Waals surface area contributed by atoms with Gasteiger partial charge in [0.05, 0.1) is 5.60 Å². The predicted octanol–water partition coefficient (Wildman–Crippen LogP) is 0.659. The van der Waals surface area contributed by atoms with Crippen molar-refractivity contribution in [2.75, 3.05) is 40.0 Å². The van der Waals surface area contributed by atoms with Gasteiger partial charge in [-0.15, -0.1) is 0 Å². The van der Waals surface area contributed by atoms with E-state index in [0.29, 0.717) is 39.1 Å². The summed E-state index contributed by atoms with van der Waals surface area (Å²) in [5.41, 5.74) is -0.710. The highest BCUT2D eigenvalue weighted by molar-refractivity contribution is 5.77. The second-order valence-corrected chi connectivity index (χ2v) is 4.97. The molecular weight excluding hydrogens is 234 g/mol. The van der Waals surface area contributed by atoms with Crippen LogP contribution in [0.3, 0.4) is 0 Å². The molecular formula is C13H25NO4. The molecule has 5 heteroatoms. The lowest BCUT2D eigenvalue weighted by Crippen LogP contribution is -2.53. The van der Waals surface area contributed by atoms with Crippen LogP contribution in [-0.4, -0.2) is 61.5 Å². The van der Waals surface area contributed by atoms with Crippen molar-refractivity contribution in [1.82, 2.24) is 4.90 Å². The first kappa shape index (κ1) is 15.4. The minimum absolute atomic E-state index is 0.0116. The van der Waals surface area contributed by atoms with Gasteiger partial charge < -0.3 is 19.5 Å². The van der Waals surface area contributed by atoms with Crippen LogP contribution < -0.4 is 0 Å². The van der Waals surface area contributed by atoms with Gasteiger partial charge in [-0.25, -0.2) is 0 Å². The van der Waals surface area contributed by atoms with Crippen LogP contribution >= 0.6 is 0 Å². The molecule has 0 radical (unpaired) electrons. The van der Waals surface area contributed by atoms with Gasteiger partial charge in [-0.05, 0) is 19.8 Å². The maximum Gasteiger partial charge on any atom is 0.248 e. The lowest BCUT2D eigenvalue weighted by atomic mass is 9.80. The van der Waals surface area contributed by atoms with E-state index in [-0.39, 0.29) is 18.4 Å². The molecule has 2 atom stereocenters. The summed E-state index contributed by atoms with van der Waals surface area (Å²) in [6.07, 6.45) is 1.23. The quantitative estimate of drug-likeness (QED) is 0.761. The monoisotopic (exact) mass is 259 g/mol. The van der Waals surface area contributed by atoms with Crippen LogP contribution in [0.4, 0.5) is 0 Å². The molecule has 1 N–H and O–H groups in total. The van der Waals surface area contributed by atoms with Crippen LogP contribution in [0.25, 0.3) is 0 Å². The van der Waals surface area contributed by atoms with Gasteiger partial charge in [0.2, 0.25) is 5.91 Å². The zero-order valence-electron chi connectivity index (χ0n) is 11.6. The number of piperidine rings is 1. The maximum absolute atomic E-state index is 11.8. The summed E-state index contributed by atoms with van der Waals surface area (Å²) in [4.78, 5) is 13.6. The molecule has 0 aromatic carbocycles. The molecule has 1 aliphatic heterocycles. The molecule has 1 fully saturated rings. The van der Waals surface area contributed by atoms with E-state index in [1.54, 1.807) is 12.0 Å². The lowest BCUT2D eigenvalue weighted by Gasteiger charge is -2.43. The Hall–Kier alpha value is -0.650. The number of carbonyl (C=O) groups is 1. The van der Waals surface area contributed by atoms with Gasteiger partial charge in [-0.3, -0.25) is 4.79 Å². The standard InChI is InChI=1S/C13H25NO4/c1-4-18-10-12(15)14-7-5-13(16,6-8-17-3)11(2)9-14/h11,16H,4-10H2,1-3H3. The van der Waals surface area contributed by atoms with Crippen molar-refractivity contribution in [1.29, 1.82) is 0 Å². The van der Waals surface area contributed by atoms with E-state index >= 15 is 0 Å². The van der Waals surface area contributed by atoms with Gasteiger partial charge in [0.25, 0.3) is 0 Å². The van der Waals surface area contributed by atoms with E-state index in [4.69, 9.17) is 9.47 Å². The first-order valence-corrected chi connectivity index (χ1v) is 6.60. The Morgan fingerprint density at radius 2 is 2.28 bits per heavy atom. The van der Waals surface area contributed by atoms with Crippen LogP contribution in [0.5, 0.6) is 0 Å². The van der Waals surface area contributed by atoms with Crippen molar-refractivity contribution in [3.05, 3.63) is 0 Å². The third-order valence-electron chi connectivity index (χ3n) is 3.75. The van der Waals surface area contributed by atoms with E-state index in [1.165, 1.54) is 0 Å². The number of likely N-dealkylation sites (tertiary alicyclic amines) is 1. The summed E-state index contributed by atoms with van der Waals surface area (Å²) in [6, 6.07) is 0. The minimum Gasteiger partial charge on any atom is -0.389 e. The number of amides is 1. The van der Waals surface area contributed by atoms with Gasteiger partial charge in [-0.2, -0.15) is 0 Å². The molecule has 0 spiro atoms. The summed E-state index contributed by atoms with van der Waals surface area (Å²) >= 11 is 0. The Balaban J connectivity index is 2.47. The van der Waals surface area contributed by atoms with E-state index in [9.17, 15) is 9.90 Å². The molecule has 1 rings (SSSR count). The number of aliphatic hydroxyl groups is 1. The summed E-state index contributed by atoms with van der Waals surface area (Å²) in [5.74, 6) is 0.0736. The lowest BCUT2D eigenvalue weighted by molar-refractivity contribution is -0.145. The topological polar surface area (TPSA) is 59.0 Å². The van der Waals surface area contributed by atoms with Crippen molar-refractivity contribution < 1.29 is 19.4 Å². The third-order valence-corrected chi connectivity index (χ3v) is 3.75.